The maximum absolute atomic E-state index is 12.1. The molecule has 0 atom stereocenters. The smallest absolute Gasteiger partial charge is 0.343 e. The number of hydrogen-bond acceptors (Lipinski definition) is 7. The topological polar surface area (TPSA) is 97.5 Å². The van der Waals surface area contributed by atoms with Crippen LogP contribution in [0, 0.1) is 0 Å². The van der Waals surface area contributed by atoms with E-state index in [0.29, 0.717) is 59.8 Å². The highest BCUT2D eigenvalue weighted by atomic mass is 16.5. The number of ether oxygens (including phenoxy) is 3. The first-order valence-electron chi connectivity index (χ1n) is 11.0. The van der Waals surface area contributed by atoms with E-state index < -0.39 is 6.03 Å². The summed E-state index contributed by atoms with van der Waals surface area (Å²) in [6, 6.07) is 12.8. The van der Waals surface area contributed by atoms with Gasteiger partial charge in [-0.05, 0) is 49.2 Å². The number of likely N-dealkylation sites (tertiary alicyclic amines) is 1. The van der Waals surface area contributed by atoms with E-state index in [-0.39, 0.29) is 5.92 Å². The Balaban J connectivity index is 1.72. The van der Waals surface area contributed by atoms with Gasteiger partial charge in [0.05, 0.1) is 26.9 Å². The second-order valence-corrected chi connectivity index (χ2v) is 8.09. The standard InChI is InChI=1S/C25H29N3O6/c1-27(30)25(29)28-13-11-17(12-14-28)24-26-22(16-5-7-18(31-2)8-6-16)23(34-24)20-10-9-19(32-3)15-21(20)33-4/h5-10,15,17,30H,11-14H2,1-4H3. The van der Waals surface area contributed by atoms with Crippen LogP contribution in [0.3, 0.4) is 0 Å². The summed E-state index contributed by atoms with van der Waals surface area (Å²) >= 11 is 0. The lowest BCUT2D eigenvalue weighted by Crippen LogP contribution is -2.43. The van der Waals surface area contributed by atoms with Crippen molar-refractivity contribution < 1.29 is 28.6 Å². The number of nitrogens with zero attached hydrogens (tertiary/aromatic N) is 3. The molecule has 0 radical (unpaired) electrons. The van der Waals surface area contributed by atoms with Crippen LogP contribution in [0.1, 0.15) is 24.7 Å². The minimum Gasteiger partial charge on any atom is -0.497 e. The Kier molecular flexibility index (Phi) is 6.93. The third kappa shape index (κ3) is 4.65. The summed E-state index contributed by atoms with van der Waals surface area (Å²) in [6.07, 6.45) is 1.36. The third-order valence-corrected chi connectivity index (χ3v) is 6.05. The van der Waals surface area contributed by atoms with Gasteiger partial charge in [-0.2, -0.15) is 0 Å². The zero-order valence-corrected chi connectivity index (χ0v) is 19.8. The van der Waals surface area contributed by atoms with Gasteiger partial charge in [0.1, 0.15) is 22.9 Å². The Morgan fingerprint density at radius 2 is 1.68 bits per heavy atom. The van der Waals surface area contributed by atoms with Crippen molar-refractivity contribution in [3.8, 4) is 39.8 Å². The summed E-state index contributed by atoms with van der Waals surface area (Å²) in [4.78, 5) is 18.6. The van der Waals surface area contributed by atoms with Crippen molar-refractivity contribution in [2.24, 2.45) is 0 Å². The van der Waals surface area contributed by atoms with Gasteiger partial charge in [-0.25, -0.2) is 14.8 Å². The monoisotopic (exact) mass is 467 g/mol. The van der Waals surface area contributed by atoms with Gasteiger partial charge in [0.15, 0.2) is 11.7 Å². The van der Waals surface area contributed by atoms with Gasteiger partial charge in [-0.1, -0.05) is 0 Å². The molecule has 2 amide bonds. The summed E-state index contributed by atoms with van der Waals surface area (Å²) < 4.78 is 22.6. The molecule has 2 aromatic carbocycles. The minimum atomic E-state index is -0.409. The number of hydrogen-bond donors (Lipinski definition) is 1. The number of aromatic nitrogens is 1. The van der Waals surface area contributed by atoms with Gasteiger partial charge < -0.3 is 23.5 Å². The normalized spacial score (nSPS) is 14.1. The Morgan fingerprint density at radius 1 is 1.03 bits per heavy atom. The number of amides is 2. The van der Waals surface area contributed by atoms with Crippen molar-refractivity contribution in [3.05, 3.63) is 48.4 Å². The quantitative estimate of drug-likeness (QED) is 0.416. The molecule has 0 saturated carbocycles. The summed E-state index contributed by atoms with van der Waals surface area (Å²) in [6.45, 7) is 1.02. The second kappa shape index (κ2) is 10.0. The first-order valence-corrected chi connectivity index (χ1v) is 11.0. The zero-order valence-electron chi connectivity index (χ0n) is 19.8. The molecule has 1 aromatic heterocycles. The summed E-state index contributed by atoms with van der Waals surface area (Å²) in [5.41, 5.74) is 2.36. The highest BCUT2D eigenvalue weighted by molar-refractivity contribution is 5.81. The average Bonchev–Trinajstić information content (AvgIpc) is 3.33. The van der Waals surface area contributed by atoms with E-state index in [2.05, 4.69) is 0 Å². The van der Waals surface area contributed by atoms with Crippen molar-refractivity contribution >= 4 is 6.03 Å². The minimum absolute atomic E-state index is 0.0445. The number of benzene rings is 2. The zero-order chi connectivity index (χ0) is 24.2. The predicted molar refractivity (Wildman–Crippen MR) is 126 cm³/mol. The molecule has 1 aliphatic rings. The fourth-order valence-corrected chi connectivity index (χ4v) is 4.15. The van der Waals surface area contributed by atoms with Gasteiger partial charge in [0.25, 0.3) is 0 Å². The van der Waals surface area contributed by atoms with Crippen LogP contribution in [0.4, 0.5) is 4.79 Å². The van der Waals surface area contributed by atoms with E-state index in [0.717, 1.165) is 16.9 Å². The van der Waals surface area contributed by atoms with E-state index in [4.69, 9.17) is 23.6 Å². The fraction of sp³-hybridized carbons (Fsp3) is 0.360. The Bertz CT molecular complexity index is 1130. The van der Waals surface area contributed by atoms with Crippen LogP contribution in [0.2, 0.25) is 0 Å². The van der Waals surface area contributed by atoms with Crippen molar-refractivity contribution in [3.63, 3.8) is 0 Å². The molecule has 0 bridgehead atoms. The van der Waals surface area contributed by atoms with Crippen molar-refractivity contribution in [2.45, 2.75) is 18.8 Å². The van der Waals surface area contributed by atoms with Gasteiger partial charge in [0.2, 0.25) is 0 Å². The molecule has 1 aliphatic heterocycles. The van der Waals surface area contributed by atoms with Crippen LogP contribution in [0.25, 0.3) is 22.6 Å². The Hall–Kier alpha value is -3.72. The van der Waals surface area contributed by atoms with E-state index in [1.807, 2.05) is 42.5 Å². The van der Waals surface area contributed by atoms with Gasteiger partial charge >= 0.3 is 6.03 Å². The van der Waals surface area contributed by atoms with Gasteiger partial charge in [-0.15, -0.1) is 0 Å². The molecule has 2 heterocycles. The number of carbonyl (C=O) groups excluding carboxylic acids is 1. The summed E-state index contributed by atoms with van der Waals surface area (Å²) in [7, 11) is 6.17. The van der Waals surface area contributed by atoms with Gasteiger partial charge in [-0.3, -0.25) is 5.21 Å². The fourth-order valence-electron chi connectivity index (χ4n) is 4.15. The molecule has 9 heteroatoms. The summed E-state index contributed by atoms with van der Waals surface area (Å²) in [5, 5.41) is 10.1. The SMILES string of the molecule is COc1ccc(-c2nc(C3CCN(C(=O)N(C)O)CC3)oc2-c2ccc(OC)cc2OC)cc1. The molecular weight excluding hydrogens is 438 g/mol. The number of methoxy groups -OCH3 is 3. The predicted octanol–water partition coefficient (Wildman–Crippen LogP) is 4.65. The lowest BCUT2D eigenvalue weighted by atomic mass is 9.97. The number of carbonyl (C=O) groups is 1. The molecular formula is C25H29N3O6. The lowest BCUT2D eigenvalue weighted by Gasteiger charge is -2.31. The van der Waals surface area contributed by atoms with Crippen LogP contribution in [-0.2, 0) is 0 Å². The summed E-state index contributed by atoms with van der Waals surface area (Å²) in [5.74, 6) is 3.31. The van der Waals surface area contributed by atoms with E-state index in [1.165, 1.54) is 7.05 Å². The molecule has 1 N–H and O–H groups in total. The molecule has 0 aliphatic carbocycles. The number of rotatable bonds is 6. The third-order valence-electron chi connectivity index (χ3n) is 6.05. The molecule has 34 heavy (non-hydrogen) atoms. The van der Waals surface area contributed by atoms with E-state index in [9.17, 15) is 10.0 Å². The molecule has 0 spiro atoms. The Labute approximate surface area is 198 Å². The van der Waals surface area contributed by atoms with Gasteiger partial charge in [0, 0.05) is 37.7 Å². The molecule has 1 saturated heterocycles. The molecule has 180 valence electrons. The van der Waals surface area contributed by atoms with Crippen molar-refractivity contribution in [2.75, 3.05) is 41.5 Å². The van der Waals surface area contributed by atoms with Crippen LogP contribution in [0.5, 0.6) is 17.2 Å². The number of oxazole rings is 1. The number of urea groups is 1. The lowest BCUT2D eigenvalue weighted by molar-refractivity contribution is -0.0358. The molecule has 1 fully saturated rings. The second-order valence-electron chi connectivity index (χ2n) is 8.09. The van der Waals surface area contributed by atoms with Crippen LogP contribution in [0.15, 0.2) is 46.9 Å². The highest BCUT2D eigenvalue weighted by Crippen LogP contribution is 2.42. The van der Waals surface area contributed by atoms with Crippen molar-refractivity contribution in [1.29, 1.82) is 0 Å². The van der Waals surface area contributed by atoms with Crippen molar-refractivity contribution in [1.82, 2.24) is 14.9 Å². The van der Waals surface area contributed by atoms with Crippen LogP contribution in [-0.4, -0.2) is 67.7 Å². The highest BCUT2D eigenvalue weighted by Gasteiger charge is 2.30. The first kappa shape index (κ1) is 23.4. The first-order chi connectivity index (χ1) is 16.4. The van der Waals surface area contributed by atoms with E-state index >= 15 is 0 Å². The van der Waals surface area contributed by atoms with Crippen LogP contribution < -0.4 is 14.2 Å². The Morgan fingerprint density at radius 3 is 2.26 bits per heavy atom. The van der Waals surface area contributed by atoms with E-state index in [1.54, 1.807) is 26.2 Å². The molecule has 3 aromatic rings. The number of hydroxylamine groups is 2. The largest absolute Gasteiger partial charge is 0.497 e. The maximum Gasteiger partial charge on any atom is 0.343 e. The molecule has 4 rings (SSSR count). The molecule has 0 unspecified atom stereocenters. The van der Waals surface area contributed by atoms with Crippen LogP contribution >= 0.6 is 0 Å². The maximum atomic E-state index is 12.1. The average molecular weight is 468 g/mol. The number of piperidine rings is 1. The molecule has 9 nitrogen and oxygen atoms in total.